The molecule has 0 saturated heterocycles. The van der Waals surface area contributed by atoms with Gasteiger partial charge < -0.3 is 15.2 Å². The smallest absolute Gasteiger partial charge is 0.0645 e. The van der Waals surface area contributed by atoms with Gasteiger partial charge in [0.25, 0.3) is 0 Å². The zero-order chi connectivity index (χ0) is 12.0. The number of aliphatic hydroxyl groups is 1. The van der Waals surface area contributed by atoms with Gasteiger partial charge in [0.2, 0.25) is 0 Å². The van der Waals surface area contributed by atoms with Crippen LogP contribution in [0.2, 0.25) is 0 Å². The molecule has 0 heterocycles. The molecule has 0 aromatic heterocycles. The van der Waals surface area contributed by atoms with Crippen molar-refractivity contribution in [2.24, 2.45) is 11.8 Å². The van der Waals surface area contributed by atoms with Gasteiger partial charge in [-0.25, -0.2) is 0 Å². The molecule has 1 aliphatic carbocycles. The molecule has 16 heavy (non-hydrogen) atoms. The average Bonchev–Trinajstić information content (AvgIpc) is 2.28. The van der Waals surface area contributed by atoms with E-state index in [0.717, 1.165) is 18.4 Å². The third-order valence-corrected chi connectivity index (χ3v) is 3.80. The second-order valence-electron chi connectivity index (χ2n) is 5.16. The lowest BCUT2D eigenvalue weighted by molar-refractivity contribution is -0.0133. The summed E-state index contributed by atoms with van der Waals surface area (Å²) >= 11 is 0. The van der Waals surface area contributed by atoms with E-state index in [-0.39, 0.29) is 12.6 Å². The highest BCUT2D eigenvalue weighted by molar-refractivity contribution is 4.76. The van der Waals surface area contributed by atoms with E-state index in [1.807, 2.05) is 6.92 Å². The highest BCUT2D eigenvalue weighted by Gasteiger charge is 2.25. The molecule has 1 rings (SSSR count). The Morgan fingerprint density at radius 1 is 1.31 bits per heavy atom. The molecule has 96 valence electrons. The lowest BCUT2D eigenvalue weighted by Gasteiger charge is -2.32. The van der Waals surface area contributed by atoms with Crippen LogP contribution in [0.1, 0.15) is 40.0 Å². The fourth-order valence-corrected chi connectivity index (χ4v) is 2.37. The Morgan fingerprint density at radius 3 is 2.62 bits per heavy atom. The number of rotatable bonds is 6. The van der Waals surface area contributed by atoms with E-state index in [1.54, 1.807) is 0 Å². The maximum absolute atomic E-state index is 9.14. The summed E-state index contributed by atoms with van der Waals surface area (Å²) in [5, 5.41) is 12.4. The Balaban J connectivity index is 2.21. The zero-order valence-electron chi connectivity index (χ0n) is 10.9. The van der Waals surface area contributed by atoms with Gasteiger partial charge in [-0.05, 0) is 37.6 Å². The van der Waals surface area contributed by atoms with E-state index in [2.05, 4.69) is 19.2 Å². The number of ether oxygens (including phenoxy) is 1. The van der Waals surface area contributed by atoms with Gasteiger partial charge in [0.15, 0.2) is 0 Å². The molecule has 3 nitrogen and oxygen atoms in total. The lowest BCUT2D eigenvalue weighted by atomic mass is 9.80. The second kappa shape index (κ2) is 7.25. The largest absolute Gasteiger partial charge is 0.395 e. The first-order valence-electron chi connectivity index (χ1n) is 6.63. The van der Waals surface area contributed by atoms with Gasteiger partial charge in [-0.3, -0.25) is 0 Å². The normalized spacial score (nSPS) is 32.6. The van der Waals surface area contributed by atoms with Crippen molar-refractivity contribution in [1.82, 2.24) is 5.32 Å². The molecular weight excluding hydrogens is 202 g/mol. The Hall–Kier alpha value is -0.120. The summed E-state index contributed by atoms with van der Waals surface area (Å²) in [7, 11) is 0. The first kappa shape index (κ1) is 13.9. The Kier molecular flexibility index (Phi) is 6.32. The van der Waals surface area contributed by atoms with E-state index in [0.29, 0.717) is 12.7 Å². The summed E-state index contributed by atoms with van der Waals surface area (Å²) in [5.41, 5.74) is 0. The molecule has 0 radical (unpaired) electrons. The van der Waals surface area contributed by atoms with Gasteiger partial charge in [0.05, 0.1) is 25.4 Å². The maximum Gasteiger partial charge on any atom is 0.0645 e. The van der Waals surface area contributed by atoms with E-state index in [1.165, 1.54) is 19.3 Å². The van der Waals surface area contributed by atoms with Crippen molar-refractivity contribution in [2.75, 3.05) is 19.8 Å². The fraction of sp³-hybridized carbons (Fsp3) is 1.00. The van der Waals surface area contributed by atoms with Crippen LogP contribution < -0.4 is 5.32 Å². The molecule has 0 aromatic rings. The Morgan fingerprint density at radius 2 is 2.06 bits per heavy atom. The molecule has 4 atom stereocenters. The van der Waals surface area contributed by atoms with Gasteiger partial charge in [0, 0.05) is 0 Å². The first-order valence-corrected chi connectivity index (χ1v) is 6.63. The molecule has 1 fully saturated rings. The SMILES string of the molecule is CCNC(CO)COC1CCC(C)C(C)C1. The maximum atomic E-state index is 9.14. The topological polar surface area (TPSA) is 41.5 Å². The van der Waals surface area contributed by atoms with Crippen molar-refractivity contribution >= 4 is 0 Å². The van der Waals surface area contributed by atoms with Gasteiger partial charge in [-0.1, -0.05) is 20.8 Å². The molecule has 4 unspecified atom stereocenters. The Bertz CT molecular complexity index is 187. The molecular formula is C13H27NO2. The summed E-state index contributed by atoms with van der Waals surface area (Å²) in [4.78, 5) is 0. The van der Waals surface area contributed by atoms with Crippen molar-refractivity contribution in [3.8, 4) is 0 Å². The quantitative estimate of drug-likeness (QED) is 0.730. The summed E-state index contributed by atoms with van der Waals surface area (Å²) in [6.07, 6.45) is 4.02. The number of aliphatic hydroxyl groups excluding tert-OH is 1. The highest BCUT2D eigenvalue weighted by Crippen LogP contribution is 2.30. The minimum Gasteiger partial charge on any atom is -0.395 e. The van der Waals surface area contributed by atoms with Gasteiger partial charge in [-0.15, -0.1) is 0 Å². The predicted octanol–water partition coefficient (Wildman–Crippen LogP) is 1.80. The van der Waals surface area contributed by atoms with Crippen molar-refractivity contribution < 1.29 is 9.84 Å². The predicted molar refractivity (Wildman–Crippen MR) is 66.5 cm³/mol. The van der Waals surface area contributed by atoms with Crippen molar-refractivity contribution in [2.45, 2.75) is 52.2 Å². The third kappa shape index (κ3) is 4.40. The minimum atomic E-state index is 0.0969. The van der Waals surface area contributed by atoms with Crippen LogP contribution in [0.3, 0.4) is 0 Å². The molecule has 1 saturated carbocycles. The van der Waals surface area contributed by atoms with Crippen LogP contribution in [-0.4, -0.2) is 37.0 Å². The zero-order valence-corrected chi connectivity index (χ0v) is 10.9. The van der Waals surface area contributed by atoms with Crippen LogP contribution in [0.25, 0.3) is 0 Å². The fourth-order valence-electron chi connectivity index (χ4n) is 2.37. The van der Waals surface area contributed by atoms with Crippen LogP contribution >= 0.6 is 0 Å². The highest BCUT2D eigenvalue weighted by atomic mass is 16.5. The Labute approximate surface area is 99.6 Å². The van der Waals surface area contributed by atoms with E-state index in [4.69, 9.17) is 9.84 Å². The standard InChI is InChI=1S/C13H27NO2/c1-4-14-12(8-15)9-16-13-6-5-10(2)11(3)7-13/h10-15H,4-9H2,1-3H3. The van der Waals surface area contributed by atoms with E-state index >= 15 is 0 Å². The van der Waals surface area contributed by atoms with Gasteiger partial charge in [-0.2, -0.15) is 0 Å². The number of hydrogen-bond acceptors (Lipinski definition) is 3. The van der Waals surface area contributed by atoms with Crippen LogP contribution in [-0.2, 0) is 4.74 Å². The minimum absolute atomic E-state index is 0.0969. The molecule has 0 aliphatic heterocycles. The van der Waals surface area contributed by atoms with Crippen LogP contribution in [0.15, 0.2) is 0 Å². The summed E-state index contributed by atoms with van der Waals surface area (Å²) < 4.78 is 5.88. The third-order valence-electron chi connectivity index (χ3n) is 3.80. The lowest BCUT2D eigenvalue weighted by Crippen LogP contribution is -2.38. The second-order valence-corrected chi connectivity index (χ2v) is 5.16. The van der Waals surface area contributed by atoms with E-state index < -0.39 is 0 Å². The number of nitrogens with one attached hydrogen (secondary N) is 1. The molecule has 1 aliphatic rings. The van der Waals surface area contributed by atoms with Crippen molar-refractivity contribution in [1.29, 1.82) is 0 Å². The summed E-state index contributed by atoms with van der Waals surface area (Å²) in [6.45, 7) is 8.37. The molecule has 3 heteroatoms. The number of likely N-dealkylation sites (N-methyl/N-ethyl adjacent to an activating group) is 1. The monoisotopic (exact) mass is 229 g/mol. The van der Waals surface area contributed by atoms with E-state index in [9.17, 15) is 0 Å². The molecule has 0 bridgehead atoms. The van der Waals surface area contributed by atoms with Crippen molar-refractivity contribution in [3.05, 3.63) is 0 Å². The summed E-state index contributed by atoms with van der Waals surface area (Å²) in [5.74, 6) is 1.60. The first-order chi connectivity index (χ1) is 7.67. The van der Waals surface area contributed by atoms with Crippen LogP contribution in [0.5, 0.6) is 0 Å². The average molecular weight is 229 g/mol. The van der Waals surface area contributed by atoms with Gasteiger partial charge in [0.1, 0.15) is 0 Å². The molecule has 0 aromatic carbocycles. The van der Waals surface area contributed by atoms with Gasteiger partial charge >= 0.3 is 0 Å². The number of hydrogen-bond donors (Lipinski definition) is 2. The van der Waals surface area contributed by atoms with Crippen molar-refractivity contribution in [3.63, 3.8) is 0 Å². The summed E-state index contributed by atoms with van der Waals surface area (Å²) in [6, 6.07) is 0.0969. The molecule has 2 N–H and O–H groups in total. The van der Waals surface area contributed by atoms with Crippen LogP contribution in [0, 0.1) is 11.8 Å². The molecule has 0 amide bonds. The molecule has 0 spiro atoms. The van der Waals surface area contributed by atoms with Crippen LogP contribution in [0.4, 0.5) is 0 Å².